The van der Waals surface area contributed by atoms with Gasteiger partial charge in [0, 0.05) is 18.9 Å². The van der Waals surface area contributed by atoms with Crippen molar-refractivity contribution in [3.05, 3.63) is 52.3 Å². The van der Waals surface area contributed by atoms with Crippen molar-refractivity contribution < 1.29 is 17.6 Å². The summed E-state index contributed by atoms with van der Waals surface area (Å²) in [7, 11) is 0. The van der Waals surface area contributed by atoms with Crippen LogP contribution in [0.15, 0.2) is 35.4 Å². The highest BCUT2D eigenvalue weighted by Gasteiger charge is 2.34. The van der Waals surface area contributed by atoms with Crippen LogP contribution in [0.4, 0.5) is 23.4 Å². The van der Waals surface area contributed by atoms with Gasteiger partial charge >= 0.3 is 6.18 Å². The summed E-state index contributed by atoms with van der Waals surface area (Å²) in [4.78, 5) is 19.9. The molecule has 9 heteroatoms. The van der Waals surface area contributed by atoms with Crippen LogP contribution in [0.3, 0.4) is 0 Å². The number of nitrogens with zero attached hydrogens (tertiary/aromatic N) is 3. The summed E-state index contributed by atoms with van der Waals surface area (Å²) in [5, 5.41) is 0.649. The van der Waals surface area contributed by atoms with Crippen molar-refractivity contribution in [3.63, 3.8) is 0 Å². The van der Waals surface area contributed by atoms with Crippen LogP contribution in [0, 0.1) is 11.7 Å². The van der Waals surface area contributed by atoms with Crippen LogP contribution in [0.1, 0.15) is 31.2 Å². The maximum Gasteiger partial charge on any atom is 0.421 e. The van der Waals surface area contributed by atoms with Gasteiger partial charge in [0.05, 0.1) is 10.9 Å². The number of halogens is 4. The van der Waals surface area contributed by atoms with Crippen LogP contribution in [0.2, 0.25) is 0 Å². The molecule has 0 saturated heterocycles. The van der Waals surface area contributed by atoms with Gasteiger partial charge in [-0.3, -0.25) is 4.79 Å². The highest BCUT2D eigenvalue weighted by Crippen LogP contribution is 2.34. The Bertz CT molecular complexity index is 1140. The molecule has 3 aromatic rings. The van der Waals surface area contributed by atoms with E-state index in [0.717, 1.165) is 12.5 Å². The molecular weight excluding hydrogens is 388 g/mol. The summed E-state index contributed by atoms with van der Waals surface area (Å²) in [5.41, 5.74) is 3.77. The molecule has 0 aliphatic heterocycles. The van der Waals surface area contributed by atoms with Gasteiger partial charge in [-0.05, 0) is 35.9 Å². The number of anilines is 1. The molecule has 1 saturated carbocycles. The highest BCUT2D eigenvalue weighted by atomic mass is 19.4. The third kappa shape index (κ3) is 3.68. The van der Waals surface area contributed by atoms with E-state index < -0.39 is 23.4 Å². The van der Waals surface area contributed by atoms with Crippen molar-refractivity contribution in [1.29, 1.82) is 0 Å². The third-order valence-corrected chi connectivity index (χ3v) is 5.43. The molecule has 29 heavy (non-hydrogen) atoms. The van der Waals surface area contributed by atoms with Crippen molar-refractivity contribution in [3.8, 4) is 11.4 Å². The second-order valence-electron chi connectivity index (χ2n) is 7.31. The van der Waals surface area contributed by atoms with Crippen molar-refractivity contribution >= 4 is 16.6 Å². The highest BCUT2D eigenvalue weighted by molar-refractivity contribution is 5.86. The van der Waals surface area contributed by atoms with Crippen LogP contribution in [0.25, 0.3) is 22.2 Å². The van der Waals surface area contributed by atoms with Crippen molar-refractivity contribution in [1.82, 2.24) is 14.5 Å². The topological polar surface area (TPSA) is 73.8 Å². The number of pyridine rings is 1. The summed E-state index contributed by atoms with van der Waals surface area (Å²) >= 11 is 0. The minimum absolute atomic E-state index is 0.121. The number of hydrogen-bond acceptors (Lipinski definition) is 4. The Balaban J connectivity index is 1.70. The van der Waals surface area contributed by atoms with Gasteiger partial charge in [0.25, 0.3) is 5.56 Å². The molecule has 0 bridgehead atoms. The van der Waals surface area contributed by atoms with Gasteiger partial charge < -0.3 is 10.3 Å². The van der Waals surface area contributed by atoms with Crippen LogP contribution in [-0.4, -0.2) is 14.5 Å². The van der Waals surface area contributed by atoms with Crippen molar-refractivity contribution in [2.24, 2.45) is 5.92 Å². The van der Waals surface area contributed by atoms with Crippen molar-refractivity contribution in [2.45, 2.75) is 38.4 Å². The number of rotatable bonds is 4. The van der Waals surface area contributed by atoms with Gasteiger partial charge in [-0.25, -0.2) is 14.4 Å². The fourth-order valence-corrected chi connectivity index (χ4v) is 3.50. The number of nitrogens with two attached hydrogens (primary N) is 1. The maximum atomic E-state index is 14.7. The normalized spacial score (nSPS) is 14.9. The molecule has 0 spiro atoms. The van der Waals surface area contributed by atoms with E-state index in [9.17, 15) is 22.4 Å². The molecule has 152 valence electrons. The predicted molar refractivity (Wildman–Crippen MR) is 101 cm³/mol. The first-order valence-corrected chi connectivity index (χ1v) is 9.27. The lowest BCUT2D eigenvalue weighted by Gasteiger charge is -2.25. The second-order valence-corrected chi connectivity index (χ2v) is 7.31. The number of benzene rings is 1. The molecule has 1 fully saturated rings. The molecule has 1 aliphatic rings. The van der Waals surface area contributed by atoms with Crippen LogP contribution in [0.5, 0.6) is 0 Å². The van der Waals surface area contributed by atoms with E-state index in [2.05, 4.69) is 9.97 Å². The Labute approximate surface area is 163 Å². The van der Waals surface area contributed by atoms with Gasteiger partial charge in [0.1, 0.15) is 17.2 Å². The Morgan fingerprint density at radius 3 is 2.62 bits per heavy atom. The largest absolute Gasteiger partial charge is 0.421 e. The van der Waals surface area contributed by atoms with E-state index in [1.807, 2.05) is 0 Å². The molecule has 2 N–H and O–H groups in total. The molecular formula is C20H18F4N4O. The quantitative estimate of drug-likeness (QED) is 0.653. The van der Waals surface area contributed by atoms with Gasteiger partial charge in [-0.15, -0.1) is 0 Å². The molecule has 0 atom stereocenters. The Morgan fingerprint density at radius 2 is 2.00 bits per heavy atom. The zero-order valence-corrected chi connectivity index (χ0v) is 15.3. The number of aromatic nitrogens is 3. The van der Waals surface area contributed by atoms with E-state index in [1.54, 1.807) is 16.8 Å². The first kappa shape index (κ1) is 19.4. The first-order valence-electron chi connectivity index (χ1n) is 9.27. The van der Waals surface area contributed by atoms with Crippen LogP contribution >= 0.6 is 0 Å². The zero-order valence-electron chi connectivity index (χ0n) is 15.3. The Kier molecular flexibility index (Phi) is 4.76. The average molecular weight is 406 g/mol. The fraction of sp³-hybridized carbons (Fsp3) is 0.350. The van der Waals surface area contributed by atoms with Gasteiger partial charge in [-0.1, -0.05) is 19.3 Å². The summed E-state index contributed by atoms with van der Waals surface area (Å²) in [6.45, 7) is 0.571. The van der Waals surface area contributed by atoms with E-state index >= 15 is 0 Å². The fourth-order valence-electron chi connectivity index (χ4n) is 3.50. The molecule has 0 amide bonds. The standard InChI is InChI=1S/C20H18F4N4O/c21-16-9-13-12(5-7-28(19(13)29)6-4-11-2-1-3-11)8-14(16)18-26-10-15(17(25)27-18)20(22,23)24/h5,7-11H,1-4,6H2,(H2,25,26,27). The molecule has 1 aromatic carbocycles. The minimum Gasteiger partial charge on any atom is -0.383 e. The third-order valence-electron chi connectivity index (χ3n) is 5.43. The lowest BCUT2D eigenvalue weighted by molar-refractivity contribution is -0.137. The number of alkyl halides is 3. The van der Waals surface area contributed by atoms with Crippen LogP contribution in [-0.2, 0) is 12.7 Å². The smallest absolute Gasteiger partial charge is 0.383 e. The van der Waals surface area contributed by atoms with Crippen molar-refractivity contribution in [2.75, 3.05) is 5.73 Å². The molecule has 5 nitrogen and oxygen atoms in total. The van der Waals surface area contributed by atoms with E-state index in [0.29, 0.717) is 24.0 Å². The molecule has 4 rings (SSSR count). The summed E-state index contributed by atoms with van der Waals surface area (Å²) in [5.74, 6) is -1.22. The number of fused-ring (bicyclic) bond motifs is 1. The monoisotopic (exact) mass is 406 g/mol. The Hall–Kier alpha value is -2.97. The number of nitrogen functional groups attached to an aromatic ring is 1. The molecule has 0 unspecified atom stereocenters. The lowest BCUT2D eigenvalue weighted by atomic mass is 9.83. The lowest BCUT2D eigenvalue weighted by Crippen LogP contribution is -2.22. The SMILES string of the molecule is Nc1nc(-c2cc3ccn(CCC4CCC4)c(=O)c3cc2F)ncc1C(F)(F)F. The van der Waals surface area contributed by atoms with E-state index in [4.69, 9.17) is 5.73 Å². The molecule has 1 aliphatic carbocycles. The van der Waals surface area contributed by atoms with Crippen LogP contribution < -0.4 is 11.3 Å². The summed E-state index contributed by atoms with van der Waals surface area (Å²) < 4.78 is 54.7. The predicted octanol–water partition coefficient (Wildman–Crippen LogP) is 4.39. The van der Waals surface area contributed by atoms with E-state index in [1.165, 1.54) is 25.3 Å². The van der Waals surface area contributed by atoms with Gasteiger partial charge in [0.2, 0.25) is 0 Å². The number of aryl methyl sites for hydroxylation is 1. The first-order chi connectivity index (χ1) is 13.7. The maximum absolute atomic E-state index is 14.7. The van der Waals surface area contributed by atoms with E-state index in [-0.39, 0.29) is 22.3 Å². The molecule has 0 radical (unpaired) electrons. The Morgan fingerprint density at radius 1 is 1.24 bits per heavy atom. The summed E-state index contributed by atoms with van der Waals surface area (Å²) in [6, 6.07) is 4.10. The molecule has 2 heterocycles. The van der Waals surface area contributed by atoms with Gasteiger partial charge in [0.15, 0.2) is 5.82 Å². The summed E-state index contributed by atoms with van der Waals surface area (Å²) in [6.07, 6.45) is 1.96. The number of hydrogen-bond donors (Lipinski definition) is 1. The van der Waals surface area contributed by atoms with Gasteiger partial charge in [-0.2, -0.15) is 13.2 Å². The molecule has 2 aromatic heterocycles. The second kappa shape index (κ2) is 7.13. The average Bonchev–Trinajstić information content (AvgIpc) is 2.61. The minimum atomic E-state index is -4.70. The zero-order chi connectivity index (χ0) is 20.8.